The van der Waals surface area contributed by atoms with Gasteiger partial charge in [-0.15, -0.1) is 0 Å². The fraction of sp³-hybridized carbons (Fsp3) is 0.333. The highest BCUT2D eigenvalue weighted by Gasteiger charge is 2.17. The Labute approximate surface area is 157 Å². The number of morpholine rings is 1. The van der Waals surface area contributed by atoms with Crippen LogP contribution in [0.3, 0.4) is 0 Å². The maximum atomic E-state index is 12.3. The highest BCUT2D eigenvalue weighted by molar-refractivity contribution is 7.99. The van der Waals surface area contributed by atoms with E-state index < -0.39 is 11.2 Å². The number of aromatic amines is 2. The average Bonchev–Trinajstić information content (AvgIpc) is 2.62. The number of carbonyl (C=O) groups is 1. The first-order valence-electron chi connectivity index (χ1n) is 7.77. The maximum absolute atomic E-state index is 12.3. The van der Waals surface area contributed by atoms with Crippen molar-refractivity contribution in [3.05, 3.63) is 44.1 Å². The lowest BCUT2D eigenvalue weighted by Gasteiger charge is -2.30. The molecule has 1 aliphatic rings. The number of ether oxygens (including phenoxy) is 1. The number of anilines is 2. The van der Waals surface area contributed by atoms with Crippen molar-refractivity contribution in [3.63, 3.8) is 0 Å². The SMILES string of the molecule is O=C(CSc1n[nH]c(=O)[nH]c1=O)Nc1cc(Cl)ccc1N1CCOCC1. The summed E-state index contributed by atoms with van der Waals surface area (Å²) < 4.78 is 5.35. The summed E-state index contributed by atoms with van der Waals surface area (Å²) in [6, 6.07) is 5.30. The lowest BCUT2D eigenvalue weighted by atomic mass is 10.2. The zero-order valence-electron chi connectivity index (χ0n) is 13.6. The third-order valence-corrected chi connectivity index (χ3v) is 4.80. The minimum absolute atomic E-state index is 0.0132. The Kier molecular flexibility index (Phi) is 5.96. The summed E-state index contributed by atoms with van der Waals surface area (Å²) in [6.45, 7) is 2.67. The van der Waals surface area contributed by atoms with E-state index >= 15 is 0 Å². The number of halogens is 1. The molecule has 1 saturated heterocycles. The van der Waals surface area contributed by atoms with Gasteiger partial charge in [0, 0.05) is 18.1 Å². The summed E-state index contributed by atoms with van der Waals surface area (Å²) in [4.78, 5) is 39.0. The van der Waals surface area contributed by atoms with Crippen LogP contribution < -0.4 is 21.5 Å². The van der Waals surface area contributed by atoms with Crippen LogP contribution in [0.1, 0.15) is 0 Å². The third-order valence-electron chi connectivity index (χ3n) is 3.60. The smallest absolute Gasteiger partial charge is 0.342 e. The molecule has 2 heterocycles. The molecule has 138 valence electrons. The van der Waals surface area contributed by atoms with E-state index in [1.54, 1.807) is 12.1 Å². The maximum Gasteiger partial charge on any atom is 0.342 e. The van der Waals surface area contributed by atoms with E-state index in [2.05, 4.69) is 25.4 Å². The van der Waals surface area contributed by atoms with Crippen LogP contribution in [0.15, 0.2) is 32.8 Å². The van der Waals surface area contributed by atoms with Crippen molar-refractivity contribution >= 4 is 40.6 Å². The van der Waals surface area contributed by atoms with Crippen molar-refractivity contribution in [2.45, 2.75) is 5.03 Å². The lowest BCUT2D eigenvalue weighted by molar-refractivity contribution is -0.113. The fourth-order valence-electron chi connectivity index (χ4n) is 2.44. The second-order valence-corrected chi connectivity index (χ2v) is 6.81. The van der Waals surface area contributed by atoms with E-state index in [9.17, 15) is 14.4 Å². The van der Waals surface area contributed by atoms with Crippen LogP contribution in [-0.2, 0) is 9.53 Å². The molecule has 2 aromatic rings. The molecule has 11 heteroatoms. The van der Waals surface area contributed by atoms with Gasteiger partial charge in [0.25, 0.3) is 5.56 Å². The largest absolute Gasteiger partial charge is 0.378 e. The van der Waals surface area contributed by atoms with Crippen molar-refractivity contribution < 1.29 is 9.53 Å². The molecule has 0 radical (unpaired) electrons. The quantitative estimate of drug-likeness (QED) is 0.634. The van der Waals surface area contributed by atoms with E-state index in [0.717, 1.165) is 30.5 Å². The van der Waals surface area contributed by atoms with Gasteiger partial charge in [-0.2, -0.15) is 5.10 Å². The van der Waals surface area contributed by atoms with Gasteiger partial charge in [0.2, 0.25) is 5.91 Å². The molecule has 3 N–H and O–H groups in total. The van der Waals surface area contributed by atoms with Crippen LogP contribution in [0.4, 0.5) is 11.4 Å². The Morgan fingerprint density at radius 3 is 2.85 bits per heavy atom. The molecule has 1 aliphatic heterocycles. The molecular formula is C15H16ClN5O4S. The summed E-state index contributed by atoms with van der Waals surface area (Å²) in [5.74, 6) is -0.365. The molecule has 1 aromatic carbocycles. The number of carbonyl (C=O) groups excluding carboxylic acids is 1. The first kappa shape index (κ1) is 18.5. The molecule has 0 bridgehead atoms. The molecule has 0 unspecified atom stereocenters. The summed E-state index contributed by atoms with van der Waals surface area (Å²) in [6.07, 6.45) is 0. The van der Waals surface area contributed by atoms with Gasteiger partial charge in [-0.25, -0.2) is 9.89 Å². The molecule has 1 fully saturated rings. The number of H-pyrrole nitrogens is 2. The monoisotopic (exact) mass is 397 g/mol. The van der Waals surface area contributed by atoms with Crippen molar-refractivity contribution in [3.8, 4) is 0 Å². The van der Waals surface area contributed by atoms with Crippen LogP contribution >= 0.6 is 23.4 Å². The van der Waals surface area contributed by atoms with E-state index in [0.29, 0.717) is 23.9 Å². The number of nitrogens with one attached hydrogen (secondary N) is 3. The summed E-state index contributed by atoms with van der Waals surface area (Å²) in [5.41, 5.74) is 0.116. The highest BCUT2D eigenvalue weighted by atomic mass is 35.5. The van der Waals surface area contributed by atoms with Crippen molar-refractivity contribution in [2.24, 2.45) is 0 Å². The number of nitrogens with zero attached hydrogens (tertiary/aromatic N) is 2. The van der Waals surface area contributed by atoms with Crippen LogP contribution in [0, 0.1) is 0 Å². The lowest BCUT2D eigenvalue weighted by Crippen LogP contribution is -2.36. The number of thioether (sulfide) groups is 1. The highest BCUT2D eigenvalue weighted by Crippen LogP contribution is 2.30. The Morgan fingerprint density at radius 2 is 2.12 bits per heavy atom. The zero-order valence-corrected chi connectivity index (χ0v) is 15.2. The molecule has 0 spiro atoms. The van der Waals surface area contributed by atoms with Gasteiger partial charge in [-0.05, 0) is 18.2 Å². The molecule has 1 aromatic heterocycles. The average molecular weight is 398 g/mol. The third kappa shape index (κ3) is 4.65. The predicted octanol–water partition coefficient (Wildman–Crippen LogP) is 0.679. The molecule has 9 nitrogen and oxygen atoms in total. The van der Waals surface area contributed by atoms with Crippen LogP contribution in [0.2, 0.25) is 5.02 Å². The number of amides is 1. The molecule has 0 saturated carbocycles. The van der Waals surface area contributed by atoms with E-state index in [1.165, 1.54) is 0 Å². The topological polar surface area (TPSA) is 120 Å². The standard InChI is InChI=1S/C15H16ClN5O4S/c16-9-1-2-11(21-3-5-25-6-4-21)10(7-9)17-12(22)8-26-14-13(23)18-15(24)20-19-14/h1-2,7H,3-6,8H2,(H,17,22)(H2,18,20,23,24). The number of benzene rings is 1. The number of hydrogen-bond acceptors (Lipinski definition) is 7. The summed E-state index contributed by atoms with van der Waals surface area (Å²) >= 11 is 6.98. The predicted molar refractivity (Wildman–Crippen MR) is 99.3 cm³/mol. The molecule has 1 amide bonds. The van der Waals surface area contributed by atoms with Gasteiger partial charge in [-0.3, -0.25) is 14.6 Å². The van der Waals surface area contributed by atoms with Gasteiger partial charge < -0.3 is 15.0 Å². The minimum Gasteiger partial charge on any atom is -0.378 e. The van der Waals surface area contributed by atoms with E-state index in [-0.39, 0.29) is 16.7 Å². The van der Waals surface area contributed by atoms with Crippen LogP contribution in [-0.4, -0.2) is 53.1 Å². The van der Waals surface area contributed by atoms with Gasteiger partial charge in [-0.1, -0.05) is 23.4 Å². The molecule has 0 atom stereocenters. The van der Waals surface area contributed by atoms with Crippen molar-refractivity contribution in [1.82, 2.24) is 15.2 Å². The van der Waals surface area contributed by atoms with Gasteiger partial charge in [0.05, 0.1) is 30.3 Å². The zero-order chi connectivity index (χ0) is 18.5. The van der Waals surface area contributed by atoms with Crippen LogP contribution in [0.5, 0.6) is 0 Å². The van der Waals surface area contributed by atoms with Gasteiger partial charge in [0.1, 0.15) is 0 Å². The number of rotatable bonds is 5. The molecule has 26 heavy (non-hydrogen) atoms. The van der Waals surface area contributed by atoms with Crippen molar-refractivity contribution in [1.29, 1.82) is 0 Å². The Hall–Kier alpha value is -2.30. The molecule has 3 rings (SSSR count). The Morgan fingerprint density at radius 1 is 1.35 bits per heavy atom. The summed E-state index contributed by atoms with van der Waals surface area (Å²) in [7, 11) is 0. The second kappa shape index (κ2) is 8.39. The number of aromatic nitrogens is 3. The van der Waals surface area contributed by atoms with Crippen molar-refractivity contribution in [2.75, 3.05) is 42.3 Å². The molecule has 0 aliphatic carbocycles. The van der Waals surface area contributed by atoms with Gasteiger partial charge in [0.15, 0.2) is 5.03 Å². The normalized spacial score (nSPS) is 14.3. The molecular weight excluding hydrogens is 382 g/mol. The first-order chi connectivity index (χ1) is 12.5. The number of hydrogen-bond donors (Lipinski definition) is 3. The Bertz CT molecular complexity index is 909. The Balaban J connectivity index is 1.69. The fourth-order valence-corrected chi connectivity index (χ4v) is 3.25. The summed E-state index contributed by atoms with van der Waals surface area (Å²) in [5, 5.41) is 9.07. The minimum atomic E-state index is -0.696. The van der Waals surface area contributed by atoms with Gasteiger partial charge >= 0.3 is 5.69 Å². The van der Waals surface area contributed by atoms with E-state index in [1.807, 2.05) is 6.07 Å². The first-order valence-corrected chi connectivity index (χ1v) is 9.13. The van der Waals surface area contributed by atoms with E-state index in [4.69, 9.17) is 16.3 Å². The second-order valence-electron chi connectivity index (χ2n) is 5.41. The van der Waals surface area contributed by atoms with Crippen LogP contribution in [0.25, 0.3) is 0 Å².